The van der Waals surface area contributed by atoms with Crippen molar-refractivity contribution in [3.05, 3.63) is 107 Å². The lowest BCUT2D eigenvalue weighted by molar-refractivity contribution is -0.143. The molecule has 0 saturated carbocycles. The van der Waals surface area contributed by atoms with Gasteiger partial charge in [0.1, 0.15) is 0 Å². The van der Waals surface area contributed by atoms with Crippen molar-refractivity contribution < 1.29 is 31.1 Å². The van der Waals surface area contributed by atoms with Gasteiger partial charge in [0.05, 0.1) is 23.7 Å². The van der Waals surface area contributed by atoms with E-state index in [-0.39, 0.29) is 49.1 Å². The van der Waals surface area contributed by atoms with E-state index in [0.29, 0.717) is 19.6 Å². The Kier molecular flexibility index (Phi) is 10.5. The van der Waals surface area contributed by atoms with Crippen molar-refractivity contribution in [3.63, 3.8) is 0 Å². The van der Waals surface area contributed by atoms with Gasteiger partial charge in [-0.25, -0.2) is 0 Å². The fourth-order valence-corrected chi connectivity index (χ4v) is 6.22. The molecule has 1 unspecified atom stereocenters. The summed E-state index contributed by atoms with van der Waals surface area (Å²) in [7, 11) is 0. The summed E-state index contributed by atoms with van der Waals surface area (Å²) in [5, 5.41) is 3.45. The number of hydrogen-bond acceptors (Lipinski definition) is 4. The highest BCUT2D eigenvalue weighted by molar-refractivity contribution is 5.79. The zero-order valence-corrected chi connectivity index (χ0v) is 25.0. The summed E-state index contributed by atoms with van der Waals surface area (Å²) in [4.78, 5) is 19.8. The van der Waals surface area contributed by atoms with E-state index in [1.165, 1.54) is 5.56 Å². The third-order valence-electron chi connectivity index (χ3n) is 8.71. The van der Waals surface area contributed by atoms with Crippen LogP contribution in [-0.4, -0.2) is 72.5 Å². The molecule has 0 aromatic heterocycles. The number of rotatable bonds is 9. The summed E-state index contributed by atoms with van der Waals surface area (Å²) >= 11 is 0. The minimum atomic E-state index is -4.88. The van der Waals surface area contributed by atoms with Crippen LogP contribution in [0.4, 0.5) is 26.3 Å². The van der Waals surface area contributed by atoms with E-state index in [1.54, 1.807) is 0 Å². The van der Waals surface area contributed by atoms with E-state index in [9.17, 15) is 31.1 Å². The van der Waals surface area contributed by atoms with Crippen molar-refractivity contribution in [2.45, 2.75) is 50.2 Å². The molecular weight excluding hydrogens is 594 g/mol. The Bertz CT molecular complexity index is 1360. The minimum Gasteiger partial charge on any atom is -0.332 e. The van der Waals surface area contributed by atoms with Gasteiger partial charge in [-0.1, -0.05) is 60.7 Å². The molecule has 1 amide bonds. The molecule has 242 valence electrons. The first-order valence-corrected chi connectivity index (χ1v) is 15.3. The fraction of sp³-hybridized carbons (Fsp3) is 0.441. The Morgan fingerprint density at radius 2 is 1.33 bits per heavy atom. The van der Waals surface area contributed by atoms with Crippen LogP contribution < -0.4 is 5.32 Å². The summed E-state index contributed by atoms with van der Waals surface area (Å²) in [5.41, 5.74) is -0.418. The van der Waals surface area contributed by atoms with Crippen LogP contribution in [0.5, 0.6) is 0 Å². The molecule has 11 heteroatoms. The van der Waals surface area contributed by atoms with E-state index in [1.807, 2.05) is 58.3 Å². The third kappa shape index (κ3) is 9.08. The number of hydrogen-bond donors (Lipinski definition) is 1. The van der Waals surface area contributed by atoms with Crippen molar-refractivity contribution in [3.8, 4) is 0 Å². The molecule has 2 heterocycles. The molecule has 0 radical (unpaired) electrons. The number of alkyl halides is 6. The number of halogens is 6. The van der Waals surface area contributed by atoms with Crippen LogP contribution in [0.25, 0.3) is 0 Å². The third-order valence-corrected chi connectivity index (χ3v) is 8.71. The van der Waals surface area contributed by atoms with E-state index in [0.717, 1.165) is 50.2 Å². The molecule has 2 aliphatic heterocycles. The van der Waals surface area contributed by atoms with Gasteiger partial charge in [-0.15, -0.1) is 0 Å². The summed E-state index contributed by atoms with van der Waals surface area (Å²) in [6.45, 7) is 4.58. The van der Waals surface area contributed by atoms with Crippen LogP contribution in [0, 0.1) is 0 Å². The number of benzene rings is 3. The first-order valence-electron chi connectivity index (χ1n) is 15.3. The largest absolute Gasteiger partial charge is 0.416 e. The molecule has 1 atom stereocenters. The second kappa shape index (κ2) is 14.3. The Morgan fingerprint density at radius 1 is 0.733 bits per heavy atom. The number of piperazine rings is 1. The number of carbonyl (C=O) groups is 1. The zero-order chi connectivity index (χ0) is 32.0. The van der Waals surface area contributed by atoms with E-state index < -0.39 is 23.5 Å². The molecule has 3 aromatic rings. The van der Waals surface area contributed by atoms with Crippen molar-refractivity contribution >= 4 is 5.91 Å². The molecule has 2 aliphatic rings. The fourth-order valence-electron chi connectivity index (χ4n) is 6.22. The lowest BCUT2D eigenvalue weighted by Crippen LogP contribution is -2.54. The molecule has 5 rings (SSSR count). The predicted molar refractivity (Wildman–Crippen MR) is 160 cm³/mol. The number of piperidine rings is 1. The number of nitrogens with zero attached hydrogens (tertiary/aromatic N) is 3. The standard InChI is InChI=1S/C34H38F6N4O/c35-33(36,37)28-19-26(20-29(21-28)34(38,39)40)11-14-43-17-18-44(31(24-43)27-9-5-2-6-10-27)32(45)22-41-30-12-15-42(16-13-30)23-25-7-3-1-4-8-25/h1-10,19-21,30-31,41H,11-18,22-24H2. The molecule has 0 aliphatic carbocycles. The number of likely N-dealkylation sites (tertiary alicyclic amines) is 1. The molecule has 0 spiro atoms. The van der Waals surface area contributed by atoms with E-state index in [2.05, 4.69) is 22.3 Å². The average molecular weight is 633 g/mol. The highest BCUT2D eigenvalue weighted by Gasteiger charge is 2.37. The summed E-state index contributed by atoms with van der Waals surface area (Å²) in [6, 6.07) is 21.6. The lowest BCUT2D eigenvalue weighted by Gasteiger charge is -2.42. The number of amides is 1. The van der Waals surface area contributed by atoms with Crippen molar-refractivity contribution in [1.82, 2.24) is 20.0 Å². The summed E-state index contributed by atoms with van der Waals surface area (Å²) in [5.74, 6) is -0.0251. The predicted octanol–water partition coefficient (Wildman–Crippen LogP) is 6.41. The Labute approximate surface area is 259 Å². The second-order valence-electron chi connectivity index (χ2n) is 11.9. The molecule has 45 heavy (non-hydrogen) atoms. The van der Waals surface area contributed by atoms with Crippen LogP contribution in [0.3, 0.4) is 0 Å². The van der Waals surface area contributed by atoms with Crippen LogP contribution >= 0.6 is 0 Å². The van der Waals surface area contributed by atoms with Crippen LogP contribution in [0.2, 0.25) is 0 Å². The van der Waals surface area contributed by atoms with Gasteiger partial charge >= 0.3 is 12.4 Å². The van der Waals surface area contributed by atoms with Crippen molar-refractivity contribution in [1.29, 1.82) is 0 Å². The maximum Gasteiger partial charge on any atom is 0.416 e. The van der Waals surface area contributed by atoms with Gasteiger partial charge < -0.3 is 10.2 Å². The van der Waals surface area contributed by atoms with E-state index >= 15 is 0 Å². The van der Waals surface area contributed by atoms with Gasteiger partial charge in [0.25, 0.3) is 0 Å². The Morgan fingerprint density at radius 3 is 1.93 bits per heavy atom. The van der Waals surface area contributed by atoms with Crippen LogP contribution in [0.15, 0.2) is 78.9 Å². The average Bonchev–Trinajstić information content (AvgIpc) is 3.03. The quantitative estimate of drug-likeness (QED) is 0.277. The molecule has 0 bridgehead atoms. The highest BCUT2D eigenvalue weighted by Crippen LogP contribution is 2.36. The van der Waals surface area contributed by atoms with Crippen LogP contribution in [0.1, 0.15) is 46.7 Å². The second-order valence-corrected chi connectivity index (χ2v) is 11.9. The summed E-state index contributed by atoms with van der Waals surface area (Å²) < 4.78 is 80.1. The van der Waals surface area contributed by atoms with Gasteiger partial charge in [-0.2, -0.15) is 26.3 Å². The molecule has 1 N–H and O–H groups in total. The molecule has 2 saturated heterocycles. The lowest BCUT2D eigenvalue weighted by atomic mass is 10.00. The molecular formula is C34H38F6N4O. The molecule has 5 nitrogen and oxygen atoms in total. The highest BCUT2D eigenvalue weighted by atomic mass is 19.4. The topological polar surface area (TPSA) is 38.8 Å². The molecule has 3 aromatic carbocycles. The normalized spacial score (nSPS) is 19.2. The first kappa shape index (κ1) is 33.0. The van der Waals surface area contributed by atoms with E-state index in [4.69, 9.17) is 0 Å². The van der Waals surface area contributed by atoms with Gasteiger partial charge in [0, 0.05) is 38.8 Å². The number of nitrogens with one attached hydrogen (secondary N) is 1. The maximum absolute atomic E-state index is 13.5. The van der Waals surface area contributed by atoms with Gasteiger partial charge in [-0.3, -0.25) is 14.6 Å². The number of carbonyl (C=O) groups excluding carboxylic acids is 1. The first-order chi connectivity index (χ1) is 21.5. The van der Waals surface area contributed by atoms with Gasteiger partial charge in [0.15, 0.2) is 0 Å². The van der Waals surface area contributed by atoms with Crippen molar-refractivity contribution in [2.24, 2.45) is 0 Å². The smallest absolute Gasteiger partial charge is 0.332 e. The Balaban J connectivity index is 1.18. The summed E-state index contributed by atoms with van der Waals surface area (Å²) in [6.07, 6.45) is -7.85. The SMILES string of the molecule is O=C(CNC1CCN(Cc2ccccc2)CC1)N1CCN(CCc2cc(C(F)(F)F)cc(C(F)(F)F)c2)CC1c1ccccc1. The monoisotopic (exact) mass is 632 g/mol. The van der Waals surface area contributed by atoms with Crippen molar-refractivity contribution in [2.75, 3.05) is 45.8 Å². The Hall–Kier alpha value is -3.41. The van der Waals surface area contributed by atoms with Crippen LogP contribution in [-0.2, 0) is 30.1 Å². The van der Waals surface area contributed by atoms with Gasteiger partial charge in [0.2, 0.25) is 5.91 Å². The minimum absolute atomic E-state index is 0.0208. The molecule has 2 fully saturated rings. The maximum atomic E-state index is 13.5. The van der Waals surface area contributed by atoms with Gasteiger partial charge in [-0.05, 0) is 67.2 Å². The zero-order valence-electron chi connectivity index (χ0n) is 25.0.